The fraction of sp³-hybridized carbons (Fsp3) is 0. The van der Waals surface area contributed by atoms with Gasteiger partial charge in [-0.05, 0) is 41.8 Å². The molecule has 7 N–H and O–H groups in total. The molecule has 22 heteroatoms. The Balaban J connectivity index is 2.01. The molecule has 0 aliphatic heterocycles. The number of nitrogen functional groups attached to an aromatic ring is 1. The summed E-state index contributed by atoms with van der Waals surface area (Å²) < 4.78 is 71.7. The maximum atomic E-state index is 12.2. The summed E-state index contributed by atoms with van der Waals surface area (Å²) in [7, 11) is -10.00. The van der Waals surface area contributed by atoms with Crippen molar-refractivity contribution in [2.45, 2.75) is 14.7 Å². The molecule has 0 fully saturated rings. The summed E-state index contributed by atoms with van der Waals surface area (Å²) in [6.45, 7) is 0. The Kier molecular flexibility index (Phi) is 9.07. The van der Waals surface area contributed by atoms with Crippen molar-refractivity contribution in [3.8, 4) is 11.5 Å². The highest BCUT2D eigenvalue weighted by Crippen LogP contribution is 2.51. The minimum Gasteiger partial charge on any atom is -0.505 e. The van der Waals surface area contributed by atoms with Gasteiger partial charge in [-0.1, -0.05) is 17.2 Å². The topological polar surface area (TPSA) is 306 Å². The normalized spacial score (nSPS) is 12.4. The van der Waals surface area contributed by atoms with Crippen molar-refractivity contribution in [1.82, 2.24) is 0 Å². The number of para-hydroxylation sites is 1. The van der Waals surface area contributed by atoms with Crippen LogP contribution in [0.2, 0.25) is 0 Å². The quantitative estimate of drug-likeness (QED) is 0.0231. The summed E-state index contributed by atoms with van der Waals surface area (Å²) in [5.74, 6) is -2.07. The van der Waals surface area contributed by atoms with E-state index in [4.69, 9.17) is 11.0 Å². The summed E-state index contributed by atoms with van der Waals surface area (Å²) in [6.07, 6.45) is 0. The van der Waals surface area contributed by atoms with Crippen LogP contribution in [0.15, 0.2) is 89.7 Å². The number of anilines is 1. The predicted octanol–water partition coefficient (Wildman–Crippen LogP) is 5.49. The van der Waals surface area contributed by atoms with Crippen LogP contribution in [0.4, 0.5) is 34.1 Å². The van der Waals surface area contributed by atoms with Crippen LogP contribution in [-0.2, 0) is 29.6 Å². The van der Waals surface area contributed by atoms with E-state index < -0.39 is 74.6 Å². The number of benzene rings is 4. The van der Waals surface area contributed by atoms with Crippen molar-refractivity contribution in [2.75, 3.05) is 5.73 Å². The summed E-state index contributed by atoms with van der Waals surface area (Å²) in [5.41, 5.74) is 2.74. The lowest BCUT2D eigenvalue weighted by Gasteiger charge is -2.13. The second kappa shape index (κ2) is 12.4. The van der Waals surface area contributed by atoms with E-state index in [0.29, 0.717) is 0 Å². The average Bonchev–Trinajstić information content (AvgIpc) is 2.93. The average molecular weight is 669 g/mol. The second-order valence-corrected chi connectivity index (χ2v) is 11.8. The monoisotopic (exact) mass is 668 g/mol. The molecule has 0 amide bonds. The molecule has 0 saturated carbocycles. The molecule has 4 aromatic carbocycles. The van der Waals surface area contributed by atoms with Gasteiger partial charge in [0.15, 0.2) is 17.2 Å². The van der Waals surface area contributed by atoms with Gasteiger partial charge in [-0.25, -0.2) is 5.26 Å². The van der Waals surface area contributed by atoms with Crippen LogP contribution in [0.5, 0.6) is 11.5 Å². The molecule has 4 rings (SSSR count). The third kappa shape index (κ3) is 6.71. The van der Waals surface area contributed by atoms with Gasteiger partial charge in [0, 0.05) is 11.8 Å². The van der Waals surface area contributed by atoms with Gasteiger partial charge in [0.1, 0.15) is 26.9 Å². The summed E-state index contributed by atoms with van der Waals surface area (Å²) in [6, 6.07) is 9.78. The molecule has 4 aromatic rings. The van der Waals surface area contributed by atoms with E-state index in [1.54, 1.807) is 0 Å². The molecule has 44 heavy (non-hydrogen) atoms. The highest BCUT2D eigenvalue weighted by Gasteiger charge is 2.27. The number of phenolic OH excluding ortho intramolecular Hbond substituents is 2. The third-order valence-corrected chi connectivity index (χ3v) is 7.93. The maximum Gasteiger partial charge on any atom is 0.296 e. The Morgan fingerprint density at radius 2 is 1.43 bits per heavy atom. The van der Waals surface area contributed by atoms with Gasteiger partial charge < -0.3 is 15.9 Å². The number of nitrogens with two attached hydrogens (primary N) is 1. The molecule has 230 valence electrons. The van der Waals surface area contributed by atoms with Crippen LogP contribution >= 0.6 is 12.0 Å². The van der Waals surface area contributed by atoms with Gasteiger partial charge in [0.25, 0.3) is 25.9 Å². The number of rotatable bonds is 10. The molecule has 19 nitrogen and oxygen atoms in total. The van der Waals surface area contributed by atoms with Crippen LogP contribution < -0.4 is 5.73 Å². The minimum absolute atomic E-state index is 0.00439. The van der Waals surface area contributed by atoms with E-state index in [0.717, 1.165) is 42.5 Å². The molecule has 0 atom stereocenters. The predicted molar refractivity (Wildman–Crippen MR) is 150 cm³/mol. The van der Waals surface area contributed by atoms with Crippen molar-refractivity contribution in [2.24, 2.45) is 20.5 Å². The number of phenols is 2. The van der Waals surface area contributed by atoms with Crippen molar-refractivity contribution < 1.29 is 55.7 Å². The van der Waals surface area contributed by atoms with E-state index in [2.05, 4.69) is 29.8 Å². The van der Waals surface area contributed by atoms with E-state index in [1.807, 2.05) is 0 Å². The van der Waals surface area contributed by atoms with Crippen molar-refractivity contribution >= 4 is 77.2 Å². The molecule has 0 aliphatic rings. The fourth-order valence-electron chi connectivity index (χ4n) is 3.71. The standard InChI is InChI=1S/C22H16N6O13S3/c23-11-5-6-16(43(34,35)36)13(9-11)25-26-19-15(42-41-40-33)7-10-8-17(44(37,38)39)20(22(30)18(10)21(19)29)27-24-12-3-1-2-4-14(12)28(31)32/h1-9,29-30,33H,23H2,(H,34,35,36)(H,37,38,39). The zero-order valence-electron chi connectivity index (χ0n) is 21.2. The zero-order valence-corrected chi connectivity index (χ0v) is 23.7. The number of azo groups is 2. The number of aromatic hydroxyl groups is 2. The van der Waals surface area contributed by atoms with Gasteiger partial charge in [-0.3, -0.25) is 19.2 Å². The van der Waals surface area contributed by atoms with Crippen LogP contribution in [0.3, 0.4) is 0 Å². The molecule has 0 radical (unpaired) electrons. The van der Waals surface area contributed by atoms with E-state index in [1.165, 1.54) is 12.1 Å². The third-order valence-electron chi connectivity index (χ3n) is 5.54. The molecule has 0 unspecified atom stereocenters. The van der Waals surface area contributed by atoms with Gasteiger partial charge >= 0.3 is 0 Å². The summed E-state index contributed by atoms with van der Waals surface area (Å²) in [4.78, 5) is 8.47. The van der Waals surface area contributed by atoms with Gasteiger partial charge in [0.2, 0.25) is 0 Å². The van der Waals surface area contributed by atoms with Crippen molar-refractivity contribution in [3.05, 3.63) is 64.7 Å². The first-order valence-electron chi connectivity index (χ1n) is 11.2. The number of hydrogen-bond acceptors (Lipinski definition) is 17. The molecular weight excluding hydrogens is 652 g/mol. The number of fused-ring (bicyclic) bond motifs is 1. The number of nitrogens with zero attached hydrogens (tertiary/aromatic N) is 5. The first-order chi connectivity index (χ1) is 20.6. The molecule has 0 heterocycles. The number of nitro groups is 1. The van der Waals surface area contributed by atoms with Crippen LogP contribution in [0, 0.1) is 10.1 Å². The Hall–Kier alpha value is -4.81. The van der Waals surface area contributed by atoms with Crippen molar-refractivity contribution in [1.29, 1.82) is 0 Å². The van der Waals surface area contributed by atoms with E-state index in [9.17, 15) is 46.3 Å². The van der Waals surface area contributed by atoms with Crippen LogP contribution in [-0.4, -0.2) is 46.3 Å². The first kappa shape index (κ1) is 32.1. The van der Waals surface area contributed by atoms with Gasteiger partial charge in [-0.2, -0.15) is 16.8 Å². The zero-order chi connectivity index (χ0) is 32.4. The molecule has 0 saturated heterocycles. The molecule has 0 aromatic heterocycles. The lowest BCUT2D eigenvalue weighted by molar-refractivity contribution is -0.432. The van der Waals surface area contributed by atoms with E-state index >= 15 is 0 Å². The lowest BCUT2D eigenvalue weighted by Crippen LogP contribution is -1.99. The van der Waals surface area contributed by atoms with Gasteiger partial charge in [0.05, 0.1) is 27.2 Å². The highest BCUT2D eigenvalue weighted by molar-refractivity contribution is 7.94. The fourth-order valence-corrected chi connectivity index (χ4v) is 5.46. The summed E-state index contributed by atoms with van der Waals surface area (Å²) >= 11 is 0.182. The molecule has 0 aliphatic carbocycles. The largest absolute Gasteiger partial charge is 0.505 e. The number of hydrogen-bond donors (Lipinski definition) is 6. The minimum atomic E-state index is -5.17. The Labute approximate surface area is 249 Å². The molecule has 0 spiro atoms. The lowest BCUT2D eigenvalue weighted by atomic mass is 10.1. The molecular formula is C22H16N6O13S3. The first-order valence-corrected chi connectivity index (χ1v) is 14.9. The summed E-state index contributed by atoms with van der Waals surface area (Å²) in [5, 5.41) is 59.5. The smallest absolute Gasteiger partial charge is 0.296 e. The van der Waals surface area contributed by atoms with Crippen LogP contribution in [0.1, 0.15) is 0 Å². The maximum absolute atomic E-state index is 12.2. The highest BCUT2D eigenvalue weighted by atomic mass is 32.2. The van der Waals surface area contributed by atoms with E-state index in [-0.39, 0.29) is 33.7 Å². The SMILES string of the molecule is Nc1ccc(S(=O)(=O)O)c(N=Nc2c(SOOO)cc3cc(S(=O)(=O)O)c(N=Nc4ccccc4[N+](=O)[O-])c(O)c3c2O)c1. The van der Waals surface area contributed by atoms with Crippen LogP contribution in [0.25, 0.3) is 10.8 Å². The van der Waals surface area contributed by atoms with Gasteiger partial charge in [-0.15, -0.1) is 24.8 Å². The van der Waals surface area contributed by atoms with Crippen molar-refractivity contribution in [3.63, 3.8) is 0 Å². The second-order valence-electron chi connectivity index (χ2n) is 8.29. The number of nitro benzene ring substituents is 1. The Morgan fingerprint density at radius 3 is 2.07 bits per heavy atom. The Bertz CT molecular complexity index is 2090. The Morgan fingerprint density at radius 1 is 0.818 bits per heavy atom. The molecule has 0 bridgehead atoms.